The van der Waals surface area contributed by atoms with Crippen LogP contribution in [0.5, 0.6) is 0 Å². The molecule has 0 aliphatic rings. The number of carbonyl (C=O) groups excluding carboxylic acids is 1. The fourth-order valence-electron chi connectivity index (χ4n) is 2.16. The zero-order valence-electron chi connectivity index (χ0n) is 12.2. The minimum absolute atomic E-state index is 0.108. The lowest BCUT2D eigenvalue weighted by atomic mass is 9.72. The molecule has 0 amide bonds. The first kappa shape index (κ1) is 17.8. The van der Waals surface area contributed by atoms with Crippen LogP contribution in [0.25, 0.3) is 0 Å². The van der Waals surface area contributed by atoms with Crippen LogP contribution in [0.3, 0.4) is 0 Å². The predicted octanol–water partition coefficient (Wildman–Crippen LogP) is 3.83. The van der Waals surface area contributed by atoms with E-state index in [9.17, 15) is 14.7 Å². The van der Waals surface area contributed by atoms with Gasteiger partial charge in [-0.25, -0.2) is 0 Å². The van der Waals surface area contributed by atoms with Gasteiger partial charge in [-0.05, 0) is 30.5 Å². The molecule has 116 valence electrons. The Labute approximate surface area is 134 Å². The second-order valence-corrected chi connectivity index (χ2v) is 5.84. The minimum Gasteiger partial charge on any atom is -0.480 e. The number of ether oxygens (including phenoxy) is 1. The second kappa shape index (κ2) is 7.14. The third-order valence-corrected chi connectivity index (χ3v) is 4.23. The molecule has 0 aliphatic heterocycles. The predicted molar refractivity (Wildman–Crippen MR) is 81.7 cm³/mol. The second-order valence-electron chi connectivity index (χ2n) is 5.03. The van der Waals surface area contributed by atoms with E-state index < -0.39 is 23.3 Å². The molecule has 0 aliphatic carbocycles. The van der Waals surface area contributed by atoms with Gasteiger partial charge in [-0.2, -0.15) is 0 Å². The molecule has 0 bridgehead atoms. The SMILES string of the molecule is CCOC(=O)C(Cc1c(Cl)cccc1Cl)(C(=O)O)C(C)C. The van der Waals surface area contributed by atoms with Crippen molar-refractivity contribution in [2.45, 2.75) is 27.2 Å². The Kier molecular flexibility index (Phi) is 6.05. The van der Waals surface area contributed by atoms with Gasteiger partial charge in [-0.15, -0.1) is 0 Å². The standard InChI is InChI=1S/C15H18Cl2O4/c1-4-21-14(20)15(9(2)3,13(18)19)8-10-11(16)6-5-7-12(10)17/h5-7,9H,4,8H2,1-3H3,(H,18,19). The summed E-state index contributed by atoms with van der Waals surface area (Å²) in [7, 11) is 0. The van der Waals surface area contributed by atoms with Gasteiger partial charge in [0.15, 0.2) is 5.41 Å². The Morgan fingerprint density at radius 1 is 1.29 bits per heavy atom. The molecule has 1 unspecified atom stereocenters. The Morgan fingerprint density at radius 2 is 1.81 bits per heavy atom. The van der Waals surface area contributed by atoms with Crippen LogP contribution in [-0.2, 0) is 20.7 Å². The third kappa shape index (κ3) is 3.50. The first-order chi connectivity index (χ1) is 9.77. The topological polar surface area (TPSA) is 63.6 Å². The van der Waals surface area contributed by atoms with Gasteiger partial charge in [0.05, 0.1) is 6.61 Å². The zero-order valence-corrected chi connectivity index (χ0v) is 13.7. The maximum atomic E-state index is 12.3. The van der Waals surface area contributed by atoms with Crippen LogP contribution in [0, 0.1) is 11.3 Å². The van der Waals surface area contributed by atoms with Gasteiger partial charge >= 0.3 is 11.9 Å². The van der Waals surface area contributed by atoms with Crippen LogP contribution in [-0.4, -0.2) is 23.7 Å². The van der Waals surface area contributed by atoms with Gasteiger partial charge < -0.3 is 9.84 Å². The van der Waals surface area contributed by atoms with Crippen molar-refractivity contribution in [3.05, 3.63) is 33.8 Å². The number of halogens is 2. The number of rotatable bonds is 6. The first-order valence-electron chi connectivity index (χ1n) is 6.60. The highest BCUT2D eigenvalue weighted by atomic mass is 35.5. The molecule has 0 saturated carbocycles. The highest BCUT2D eigenvalue weighted by Gasteiger charge is 2.51. The summed E-state index contributed by atoms with van der Waals surface area (Å²) in [6, 6.07) is 4.89. The molecule has 4 nitrogen and oxygen atoms in total. The molecule has 1 aromatic carbocycles. The van der Waals surface area contributed by atoms with Gasteiger partial charge in [-0.1, -0.05) is 43.1 Å². The Bertz CT molecular complexity index is 522. The van der Waals surface area contributed by atoms with Crippen LogP contribution in [0.4, 0.5) is 0 Å². The van der Waals surface area contributed by atoms with Crippen LogP contribution < -0.4 is 0 Å². The lowest BCUT2D eigenvalue weighted by molar-refractivity contribution is -0.172. The number of carboxylic acids is 1. The summed E-state index contributed by atoms with van der Waals surface area (Å²) >= 11 is 12.2. The lowest BCUT2D eigenvalue weighted by Gasteiger charge is -2.31. The Morgan fingerprint density at radius 3 is 2.19 bits per heavy atom. The molecular weight excluding hydrogens is 315 g/mol. The average Bonchev–Trinajstić information content (AvgIpc) is 2.37. The Balaban J connectivity index is 3.38. The van der Waals surface area contributed by atoms with E-state index in [1.807, 2.05) is 0 Å². The summed E-state index contributed by atoms with van der Waals surface area (Å²) in [4.78, 5) is 24.1. The van der Waals surface area contributed by atoms with Gasteiger partial charge in [0, 0.05) is 16.5 Å². The van der Waals surface area contributed by atoms with Crippen LogP contribution in [0.2, 0.25) is 10.0 Å². The number of hydrogen-bond donors (Lipinski definition) is 1. The molecule has 6 heteroatoms. The monoisotopic (exact) mass is 332 g/mol. The molecule has 1 N–H and O–H groups in total. The normalized spacial score (nSPS) is 13.8. The summed E-state index contributed by atoms with van der Waals surface area (Å²) in [6.07, 6.45) is -0.114. The van der Waals surface area contributed by atoms with Crippen LogP contribution in [0.1, 0.15) is 26.3 Å². The molecule has 0 heterocycles. The number of carbonyl (C=O) groups is 2. The van der Waals surface area contributed by atoms with Crippen molar-refractivity contribution >= 4 is 35.1 Å². The molecule has 0 radical (unpaired) electrons. The van der Waals surface area contributed by atoms with Crippen molar-refractivity contribution in [2.75, 3.05) is 6.61 Å². The van der Waals surface area contributed by atoms with Crippen molar-refractivity contribution < 1.29 is 19.4 Å². The van der Waals surface area contributed by atoms with Crippen molar-refractivity contribution in [2.24, 2.45) is 11.3 Å². The summed E-state index contributed by atoms with van der Waals surface area (Å²) in [5, 5.41) is 10.3. The van der Waals surface area contributed by atoms with E-state index in [-0.39, 0.29) is 13.0 Å². The summed E-state index contributed by atoms with van der Waals surface area (Å²) < 4.78 is 4.98. The fraction of sp³-hybridized carbons (Fsp3) is 0.467. The van der Waals surface area contributed by atoms with Crippen molar-refractivity contribution in [1.29, 1.82) is 0 Å². The molecule has 1 rings (SSSR count). The van der Waals surface area contributed by atoms with Gasteiger partial charge in [0.25, 0.3) is 0 Å². The van der Waals surface area contributed by atoms with Gasteiger partial charge in [-0.3, -0.25) is 9.59 Å². The van der Waals surface area contributed by atoms with Crippen molar-refractivity contribution in [3.63, 3.8) is 0 Å². The maximum Gasteiger partial charge on any atom is 0.324 e. The van der Waals surface area contributed by atoms with Crippen molar-refractivity contribution in [1.82, 2.24) is 0 Å². The first-order valence-corrected chi connectivity index (χ1v) is 7.36. The van der Waals surface area contributed by atoms with Crippen molar-refractivity contribution in [3.8, 4) is 0 Å². The van der Waals surface area contributed by atoms with E-state index in [0.29, 0.717) is 15.6 Å². The Hall–Kier alpha value is -1.26. The molecule has 0 fully saturated rings. The van der Waals surface area contributed by atoms with E-state index in [0.717, 1.165) is 0 Å². The number of benzene rings is 1. The quantitative estimate of drug-likeness (QED) is 0.635. The zero-order chi connectivity index (χ0) is 16.2. The van der Waals surface area contributed by atoms with E-state index in [1.165, 1.54) is 0 Å². The van der Waals surface area contributed by atoms with Gasteiger partial charge in [0.2, 0.25) is 0 Å². The molecular formula is C15H18Cl2O4. The average molecular weight is 333 g/mol. The lowest BCUT2D eigenvalue weighted by Crippen LogP contribution is -2.47. The fourth-order valence-corrected chi connectivity index (χ4v) is 2.69. The molecule has 0 aromatic heterocycles. The number of hydrogen-bond acceptors (Lipinski definition) is 3. The summed E-state index contributed by atoms with van der Waals surface area (Å²) in [5.74, 6) is -2.50. The molecule has 1 atom stereocenters. The molecule has 21 heavy (non-hydrogen) atoms. The maximum absolute atomic E-state index is 12.3. The molecule has 0 saturated heterocycles. The highest BCUT2D eigenvalue weighted by molar-refractivity contribution is 6.36. The largest absolute Gasteiger partial charge is 0.480 e. The van der Waals surface area contributed by atoms with E-state index >= 15 is 0 Å². The number of carboxylic acid groups (broad SMARTS) is 1. The summed E-state index contributed by atoms with van der Waals surface area (Å²) in [5.41, 5.74) is -1.28. The van der Waals surface area contributed by atoms with Crippen LogP contribution in [0.15, 0.2) is 18.2 Å². The van der Waals surface area contributed by atoms with E-state index in [1.54, 1.807) is 39.0 Å². The smallest absolute Gasteiger partial charge is 0.324 e. The van der Waals surface area contributed by atoms with E-state index in [2.05, 4.69) is 0 Å². The minimum atomic E-state index is -1.72. The highest BCUT2D eigenvalue weighted by Crippen LogP contribution is 2.38. The van der Waals surface area contributed by atoms with E-state index in [4.69, 9.17) is 27.9 Å². The third-order valence-electron chi connectivity index (χ3n) is 3.52. The number of aliphatic carboxylic acids is 1. The summed E-state index contributed by atoms with van der Waals surface area (Å²) in [6.45, 7) is 5.07. The molecule has 1 aromatic rings. The number of esters is 1. The van der Waals surface area contributed by atoms with Gasteiger partial charge in [0.1, 0.15) is 0 Å². The van der Waals surface area contributed by atoms with Crippen LogP contribution >= 0.6 is 23.2 Å². The molecule has 0 spiro atoms.